The van der Waals surface area contributed by atoms with Gasteiger partial charge in [-0.05, 0) is 203 Å². The topological polar surface area (TPSA) is 63.9 Å². The molecule has 9 aromatic heterocycles. The first-order valence-corrected chi connectivity index (χ1v) is 37.3. The zero-order valence-electron chi connectivity index (χ0n) is 62.9. The van der Waals surface area contributed by atoms with Crippen LogP contribution in [-0.4, -0.2) is 60.5 Å². The third-order valence-corrected chi connectivity index (χ3v) is 16.3. The van der Waals surface area contributed by atoms with Crippen LogP contribution in [0.2, 0.25) is 0 Å². The van der Waals surface area contributed by atoms with Gasteiger partial charge in [-0.15, -0.1) is 42.7 Å². The molecule has 0 unspecified atom stereocenters. The van der Waals surface area contributed by atoms with Crippen molar-refractivity contribution < 1.29 is 145 Å². The molecule has 19 heteroatoms. The van der Waals surface area contributed by atoms with Crippen LogP contribution in [0.15, 0.2) is 167 Å². The minimum Gasteiger partial charge on any atom is -1.00 e. The fourth-order valence-corrected chi connectivity index (χ4v) is 10.3. The van der Waals surface area contributed by atoms with Crippen LogP contribution >= 0.6 is 90.6 Å². The van der Waals surface area contributed by atoms with E-state index >= 15 is 0 Å². The van der Waals surface area contributed by atoms with Crippen molar-refractivity contribution in [1.29, 1.82) is 1.34 Å². The molecular weight excluding hydrogens is 1780 g/mol. The average molecular weight is 1900 g/mol. The summed E-state index contributed by atoms with van der Waals surface area (Å²) in [7, 11) is 3.75. The van der Waals surface area contributed by atoms with Gasteiger partial charge in [-0.3, -0.25) is 4.98 Å². The van der Waals surface area contributed by atoms with Crippen molar-refractivity contribution in [3.63, 3.8) is 0 Å². The third kappa shape index (κ3) is 42.5. The predicted octanol–water partition coefficient (Wildman–Crippen LogP) is 13.3. The second-order valence-electron chi connectivity index (χ2n) is 18.8. The number of fused-ring (bicyclic) bond motifs is 3. The molecular formula is C73H113BBr3IKN6NaOS4U. The van der Waals surface area contributed by atoms with Gasteiger partial charge in [-0.2, -0.15) is 4.57 Å². The summed E-state index contributed by atoms with van der Waals surface area (Å²) in [4.78, 5) is 8.41. The Labute approximate surface area is 715 Å². The molecule has 0 atom stereocenters. The van der Waals surface area contributed by atoms with Crippen LogP contribution in [-0.2, 0) is 19.2 Å². The van der Waals surface area contributed by atoms with E-state index in [0.717, 1.165) is 44.2 Å². The molecule has 92 heavy (non-hydrogen) atoms. The van der Waals surface area contributed by atoms with Crippen LogP contribution in [0.5, 0.6) is 0 Å². The van der Waals surface area contributed by atoms with Gasteiger partial charge < -0.3 is 49.7 Å². The quantitative estimate of drug-likeness (QED) is 0.0240. The molecule has 0 aliphatic heterocycles. The number of alkyl halides is 3. The Morgan fingerprint density at radius 3 is 1.52 bits per heavy atom. The van der Waals surface area contributed by atoms with E-state index in [1.165, 1.54) is 95.2 Å². The predicted molar refractivity (Wildman–Crippen MR) is 422 cm³/mol. The summed E-state index contributed by atoms with van der Waals surface area (Å²) in [6.07, 6.45) is 22.5. The molecule has 9 aromatic rings. The van der Waals surface area contributed by atoms with Gasteiger partial charge in [0, 0.05) is 149 Å². The molecule has 502 valence electrons. The number of nitrogens with zero attached hydrogens (tertiary/aromatic N) is 6. The molecule has 0 saturated heterocycles. The van der Waals surface area contributed by atoms with Gasteiger partial charge in [0.2, 0.25) is 0 Å². The number of rotatable bonds is 8. The van der Waals surface area contributed by atoms with Gasteiger partial charge in [-0.25, -0.2) is 4.57 Å². The third-order valence-electron chi connectivity index (χ3n) is 12.3. The summed E-state index contributed by atoms with van der Waals surface area (Å²) in [6, 6.07) is 29.1. The monoisotopic (exact) mass is 1890 g/mol. The Morgan fingerprint density at radius 1 is 0.674 bits per heavy atom. The molecule has 0 aliphatic rings. The molecule has 0 amide bonds. The number of aromatic nitrogens is 6. The van der Waals surface area contributed by atoms with E-state index in [4.69, 9.17) is 14.0 Å². The van der Waals surface area contributed by atoms with Crippen molar-refractivity contribution in [2.45, 2.75) is 181 Å². The fraction of sp³-hybridized carbons (Fsp3) is 0.411. The maximum atomic E-state index is 5.37. The van der Waals surface area contributed by atoms with Gasteiger partial charge in [0.15, 0.2) is 30.5 Å². The van der Waals surface area contributed by atoms with Crippen LogP contribution in [0.25, 0.3) is 22.2 Å². The van der Waals surface area contributed by atoms with Crippen molar-refractivity contribution in [3.8, 4) is 0 Å². The van der Waals surface area contributed by atoms with E-state index in [1.54, 1.807) is 24.0 Å². The Bertz CT molecular complexity index is 3200. The maximum Gasteiger partial charge on any atom is 1.00 e. The van der Waals surface area contributed by atoms with E-state index in [-0.39, 0.29) is 136 Å². The zero-order valence-corrected chi connectivity index (χ0v) is 80.5. The second-order valence-corrected chi connectivity index (χ2v) is 24.4. The molecule has 9 rings (SSSR count). The Hall–Kier alpha value is 0.363. The van der Waals surface area contributed by atoms with E-state index in [9.17, 15) is 0 Å². The molecule has 0 spiro atoms. The molecule has 0 saturated carbocycles. The van der Waals surface area contributed by atoms with Crippen molar-refractivity contribution in [2.75, 3.05) is 27.1 Å². The molecule has 0 aliphatic carbocycles. The number of halogens is 4. The summed E-state index contributed by atoms with van der Waals surface area (Å²) in [5.41, 5.74) is 19.7. The average Bonchev–Trinajstić information content (AvgIpc) is 1.67. The molecule has 0 bridgehead atoms. The number of hydrogen-bond donors (Lipinski definition) is 1. The van der Waals surface area contributed by atoms with Crippen LogP contribution in [0, 0.1) is 107 Å². The normalized spacial score (nSPS) is 9.23. The second kappa shape index (κ2) is 69.8. The van der Waals surface area contributed by atoms with Gasteiger partial charge >= 0.3 is 80.9 Å². The summed E-state index contributed by atoms with van der Waals surface area (Å²) >= 11 is 22.0. The number of hydrogen-bond acceptors (Lipinski definition) is 6. The molecule has 0 aromatic carbocycles. The first-order valence-electron chi connectivity index (χ1n) is 30.6. The zero-order chi connectivity index (χ0) is 68.3. The summed E-state index contributed by atoms with van der Waals surface area (Å²) in [5, 5.41) is 2.12. The smallest absolute Gasteiger partial charge is 1.00 e. The summed E-state index contributed by atoms with van der Waals surface area (Å²) < 4.78 is 17.2. The van der Waals surface area contributed by atoms with Crippen LogP contribution in [0.1, 0.15) is 152 Å². The van der Waals surface area contributed by atoms with Crippen molar-refractivity contribution in [3.05, 3.63) is 219 Å². The van der Waals surface area contributed by atoms with E-state index < -0.39 is 0 Å². The number of pyridine rings is 6. The van der Waals surface area contributed by atoms with E-state index in [0.29, 0.717) is 0 Å². The largest absolute Gasteiger partial charge is 1.00 e. The molecule has 7 nitrogen and oxygen atoms in total. The number of thioether (sulfide) groups is 2. The Kier molecular flexibility index (Phi) is 82.2. The SMILES string of the molecule is C=CC.CC.CC.CCBr.CCBr.CCCS/C([S-])=C(\C)[n+]1cccc(C)c1.CCCSc1c(C)c2ccccn2c1C.CC[n+]1cccc(C)c1.CI.Cc1c(C)c2c(C)cccn2c1C.Cc1c(S)c(C)n2ccccc12.Cc1cccnc1.[2H][B].[Br-].[H-].[K+].[Na+].[OH-].[U]. The van der Waals surface area contributed by atoms with E-state index in [2.05, 4.69) is 304 Å². The molecule has 0 fully saturated rings. The Balaban J connectivity index is -0.000000107. The molecule has 9 heterocycles. The van der Waals surface area contributed by atoms with Gasteiger partial charge in [0.25, 0.3) is 0 Å². The standard InChI is InChI=1S/C13H17NS.C12H17NS2.C12H15N.C10H11NS.C8H12N.C6H7N.C3H6.2C2H5Br.2C2H6.CH3I.BH.BrH.K.Na.H2O.U.H/c1-4-9-15-13-10(2)12-7-5-6-8-14(12)11(13)3;1-4-8-15-12(14)11(3)13-7-5-6-10(2)9-13;1-8-6-5-7-13-11(4)9(2)10(3)12(8)13;1-7-9-5-3-4-6-11(9)8(2)10(7)12;1-3-9-6-4-5-8(2)7-9;1-6-3-2-4-7-5-6;1-3-2;2*1-2-3;3*1-2;;;;;;;/h5-8H,4,9H2,1-3H3;5-7,9H,4,8H2,1-3H3;5-7H,1-4H3;3-6,12H,1-2H3;4-7H,3H2,1-2H3;2-5H,1H3;3H,1H2,2H3;2*2H2,1H3;2*1-2H3;1H3;2*1H;;;1H2;;/q;;;;+1;;;;;;;;;;2*+1;;;-1/p-2/b;12-11+;;;;;;;;;;;;;;;;;/i;;;;;;;;;;;;1D;;;;;;. The first-order chi connectivity index (χ1) is 42.2. The number of aryl methyl sites for hydroxylation is 11. The minimum absolute atomic E-state index is 0. The van der Waals surface area contributed by atoms with Crippen LogP contribution in [0.4, 0.5) is 0 Å². The number of thiol groups is 1. The van der Waals surface area contributed by atoms with Gasteiger partial charge in [0.1, 0.15) is 6.54 Å². The minimum atomic E-state index is 0. The van der Waals surface area contributed by atoms with Crippen molar-refractivity contribution >= 4 is 134 Å². The van der Waals surface area contributed by atoms with Crippen molar-refractivity contribution in [1.82, 2.24) is 18.2 Å². The number of allylic oxidation sites excluding steroid dienone is 2. The van der Waals surface area contributed by atoms with Crippen molar-refractivity contribution in [2.24, 2.45) is 0 Å². The first kappa shape index (κ1) is 108. The van der Waals surface area contributed by atoms with Gasteiger partial charge in [0.05, 0.1) is 5.52 Å². The maximum absolute atomic E-state index is 5.37. The van der Waals surface area contributed by atoms with E-state index in [1.807, 2.05) is 109 Å². The molecule has 2 radical (unpaired) electrons. The van der Waals surface area contributed by atoms with Crippen LogP contribution < -0.4 is 107 Å². The summed E-state index contributed by atoms with van der Waals surface area (Å²) in [6.45, 7) is 50.6. The van der Waals surface area contributed by atoms with Gasteiger partial charge in [-0.1, -0.05) is 144 Å². The Morgan fingerprint density at radius 2 is 1.13 bits per heavy atom. The summed E-state index contributed by atoms with van der Waals surface area (Å²) in [5.74, 6) is 2.31. The fourth-order valence-electron chi connectivity index (χ4n) is 8.01. The van der Waals surface area contributed by atoms with Crippen LogP contribution in [0.3, 0.4) is 0 Å². The molecule has 1 N–H and O–H groups in total.